The highest BCUT2D eigenvalue weighted by Gasteiger charge is 2.28. The molecule has 3 aromatic rings. The first kappa shape index (κ1) is 17.3. The zero-order valence-corrected chi connectivity index (χ0v) is 15.2. The molecular formula is C21H22N4O2. The number of piperidine rings is 1. The van der Waals surface area contributed by atoms with Gasteiger partial charge in [-0.25, -0.2) is 4.98 Å². The number of H-pyrrole nitrogens is 1. The monoisotopic (exact) mass is 362 g/mol. The lowest BCUT2D eigenvalue weighted by molar-refractivity contribution is 0.0700. The lowest BCUT2D eigenvalue weighted by Gasteiger charge is -2.32. The van der Waals surface area contributed by atoms with E-state index >= 15 is 0 Å². The maximum Gasteiger partial charge on any atom is 0.272 e. The Bertz CT molecular complexity index is 932. The van der Waals surface area contributed by atoms with Gasteiger partial charge < -0.3 is 10.0 Å². The second-order valence-corrected chi connectivity index (χ2v) is 7.06. The zero-order valence-electron chi connectivity index (χ0n) is 15.2. The standard InChI is InChI=1S/C21H22N4O2/c1-14-4-6-15(7-5-14)18-12-23-24-20(18)16-3-2-10-25(13-16)21(27)19-9-8-17(26)11-22-19/h4-9,11-12,16,26H,2-3,10,13H2,1H3,(H,23,24). The molecule has 1 atom stereocenters. The van der Waals surface area contributed by atoms with Gasteiger partial charge in [0.1, 0.15) is 11.4 Å². The lowest BCUT2D eigenvalue weighted by atomic mass is 9.90. The number of pyridine rings is 1. The van der Waals surface area contributed by atoms with Gasteiger partial charge in [-0.05, 0) is 37.5 Å². The minimum atomic E-state index is -0.101. The van der Waals surface area contributed by atoms with Crippen LogP contribution in [0, 0.1) is 6.92 Å². The average Bonchev–Trinajstić information content (AvgIpc) is 3.18. The van der Waals surface area contributed by atoms with Crippen molar-refractivity contribution >= 4 is 5.91 Å². The van der Waals surface area contributed by atoms with Crippen LogP contribution in [0.5, 0.6) is 5.75 Å². The largest absolute Gasteiger partial charge is 0.506 e. The van der Waals surface area contributed by atoms with E-state index in [0.29, 0.717) is 18.8 Å². The van der Waals surface area contributed by atoms with Crippen molar-refractivity contribution in [3.05, 3.63) is 65.7 Å². The molecule has 2 N–H and O–H groups in total. The van der Waals surface area contributed by atoms with Gasteiger partial charge in [-0.2, -0.15) is 5.10 Å². The van der Waals surface area contributed by atoms with Crippen LogP contribution in [0.3, 0.4) is 0 Å². The van der Waals surface area contributed by atoms with Crippen LogP contribution >= 0.6 is 0 Å². The number of aromatic amines is 1. The molecule has 0 aliphatic carbocycles. The first-order valence-corrected chi connectivity index (χ1v) is 9.16. The smallest absolute Gasteiger partial charge is 0.272 e. The third-order valence-corrected chi connectivity index (χ3v) is 5.12. The summed E-state index contributed by atoms with van der Waals surface area (Å²) in [5.41, 5.74) is 4.89. The summed E-state index contributed by atoms with van der Waals surface area (Å²) in [6.45, 7) is 3.41. The molecule has 27 heavy (non-hydrogen) atoms. The van der Waals surface area contributed by atoms with Crippen LogP contribution in [0.15, 0.2) is 48.8 Å². The van der Waals surface area contributed by atoms with Crippen LogP contribution in [0.2, 0.25) is 0 Å². The van der Waals surface area contributed by atoms with Crippen LogP contribution < -0.4 is 0 Å². The quantitative estimate of drug-likeness (QED) is 0.747. The molecule has 0 saturated carbocycles. The summed E-state index contributed by atoms with van der Waals surface area (Å²) >= 11 is 0. The molecule has 6 heteroatoms. The van der Waals surface area contributed by atoms with Crippen LogP contribution in [-0.4, -0.2) is 44.2 Å². The summed E-state index contributed by atoms with van der Waals surface area (Å²) in [4.78, 5) is 18.7. The van der Waals surface area contributed by atoms with Gasteiger partial charge in [0.05, 0.1) is 12.4 Å². The molecule has 1 fully saturated rings. The Kier molecular flexibility index (Phi) is 4.62. The van der Waals surface area contributed by atoms with E-state index in [1.54, 1.807) is 6.07 Å². The maximum absolute atomic E-state index is 12.8. The first-order valence-electron chi connectivity index (χ1n) is 9.16. The highest BCUT2D eigenvalue weighted by Crippen LogP contribution is 2.33. The van der Waals surface area contributed by atoms with Crippen LogP contribution in [0.1, 0.15) is 40.5 Å². The van der Waals surface area contributed by atoms with Gasteiger partial charge in [0.15, 0.2) is 0 Å². The third kappa shape index (κ3) is 3.56. The zero-order chi connectivity index (χ0) is 18.8. The molecule has 1 amide bonds. The fourth-order valence-electron chi connectivity index (χ4n) is 3.64. The van der Waals surface area contributed by atoms with E-state index < -0.39 is 0 Å². The Balaban J connectivity index is 1.55. The second kappa shape index (κ2) is 7.23. The molecule has 138 valence electrons. The number of aromatic nitrogens is 3. The average molecular weight is 362 g/mol. The number of aryl methyl sites for hydroxylation is 1. The molecule has 0 bridgehead atoms. The Labute approximate surface area is 157 Å². The molecule has 1 unspecified atom stereocenters. The maximum atomic E-state index is 12.8. The summed E-state index contributed by atoms with van der Waals surface area (Å²) < 4.78 is 0. The van der Waals surface area contributed by atoms with Crippen molar-refractivity contribution in [1.29, 1.82) is 0 Å². The van der Waals surface area contributed by atoms with E-state index in [4.69, 9.17) is 0 Å². The molecule has 1 aliphatic heterocycles. The SMILES string of the molecule is Cc1ccc(-c2cn[nH]c2C2CCCN(C(=O)c3ccc(O)cn3)C2)cc1. The number of carbonyl (C=O) groups excluding carboxylic acids is 1. The van der Waals surface area contributed by atoms with E-state index in [2.05, 4.69) is 46.4 Å². The van der Waals surface area contributed by atoms with Crippen LogP contribution in [0.4, 0.5) is 0 Å². The van der Waals surface area contributed by atoms with Crippen molar-refractivity contribution in [2.24, 2.45) is 0 Å². The minimum absolute atomic E-state index is 0.0586. The second-order valence-electron chi connectivity index (χ2n) is 7.06. The topological polar surface area (TPSA) is 82.1 Å². The van der Waals surface area contributed by atoms with Crippen molar-refractivity contribution < 1.29 is 9.90 Å². The molecular weight excluding hydrogens is 340 g/mol. The van der Waals surface area contributed by atoms with Crippen molar-refractivity contribution in [2.45, 2.75) is 25.7 Å². The minimum Gasteiger partial charge on any atom is -0.506 e. The summed E-state index contributed by atoms with van der Waals surface area (Å²) in [5.74, 6) is 0.165. The molecule has 0 radical (unpaired) electrons. The molecule has 6 nitrogen and oxygen atoms in total. The third-order valence-electron chi connectivity index (χ3n) is 5.12. The van der Waals surface area contributed by atoms with E-state index in [-0.39, 0.29) is 17.6 Å². The molecule has 4 rings (SSSR count). The number of likely N-dealkylation sites (tertiary alicyclic amines) is 1. The number of amides is 1. The van der Waals surface area contributed by atoms with Gasteiger partial charge in [0.25, 0.3) is 5.91 Å². The summed E-state index contributed by atoms with van der Waals surface area (Å²) in [7, 11) is 0. The molecule has 0 spiro atoms. The van der Waals surface area contributed by atoms with Gasteiger partial charge in [-0.1, -0.05) is 29.8 Å². The Morgan fingerprint density at radius 3 is 2.74 bits per heavy atom. The van der Waals surface area contributed by atoms with E-state index in [1.165, 1.54) is 17.8 Å². The number of rotatable bonds is 3. The number of nitrogens with zero attached hydrogens (tertiary/aromatic N) is 3. The Morgan fingerprint density at radius 1 is 1.19 bits per heavy atom. The highest BCUT2D eigenvalue weighted by molar-refractivity contribution is 5.92. The predicted octanol–water partition coefficient (Wildman–Crippen LogP) is 3.51. The molecule has 1 aliphatic rings. The van der Waals surface area contributed by atoms with Gasteiger partial charge >= 0.3 is 0 Å². The van der Waals surface area contributed by atoms with Crippen molar-refractivity contribution in [3.8, 4) is 16.9 Å². The van der Waals surface area contributed by atoms with Crippen molar-refractivity contribution in [1.82, 2.24) is 20.1 Å². The fraction of sp³-hybridized carbons (Fsp3) is 0.286. The van der Waals surface area contributed by atoms with Crippen LogP contribution in [-0.2, 0) is 0 Å². The van der Waals surface area contributed by atoms with Crippen molar-refractivity contribution in [3.63, 3.8) is 0 Å². The lowest BCUT2D eigenvalue weighted by Crippen LogP contribution is -2.39. The van der Waals surface area contributed by atoms with Crippen LogP contribution in [0.25, 0.3) is 11.1 Å². The number of nitrogens with one attached hydrogen (secondary N) is 1. The van der Waals surface area contributed by atoms with Gasteiger partial charge in [-0.3, -0.25) is 9.89 Å². The Hall–Kier alpha value is -3.15. The molecule has 2 aromatic heterocycles. The summed E-state index contributed by atoms with van der Waals surface area (Å²) in [6, 6.07) is 11.5. The summed E-state index contributed by atoms with van der Waals surface area (Å²) in [6.07, 6.45) is 5.11. The number of aromatic hydroxyl groups is 1. The highest BCUT2D eigenvalue weighted by atomic mass is 16.3. The normalized spacial score (nSPS) is 17.1. The van der Waals surface area contributed by atoms with E-state index in [9.17, 15) is 9.90 Å². The molecule has 3 heterocycles. The van der Waals surface area contributed by atoms with E-state index in [0.717, 1.165) is 29.7 Å². The number of benzene rings is 1. The number of hydrogen-bond donors (Lipinski definition) is 2. The first-order chi connectivity index (χ1) is 13.1. The summed E-state index contributed by atoms with van der Waals surface area (Å²) in [5, 5.41) is 16.8. The Morgan fingerprint density at radius 2 is 2.00 bits per heavy atom. The predicted molar refractivity (Wildman–Crippen MR) is 103 cm³/mol. The van der Waals surface area contributed by atoms with Gasteiger partial charge in [0.2, 0.25) is 0 Å². The number of carbonyl (C=O) groups is 1. The number of hydrogen-bond acceptors (Lipinski definition) is 4. The van der Waals surface area contributed by atoms with Gasteiger partial charge in [0, 0.05) is 30.3 Å². The van der Waals surface area contributed by atoms with Gasteiger partial charge in [-0.15, -0.1) is 0 Å². The fourth-order valence-corrected chi connectivity index (χ4v) is 3.64. The molecule has 1 saturated heterocycles. The molecule has 1 aromatic carbocycles. The van der Waals surface area contributed by atoms with E-state index in [1.807, 2.05) is 11.1 Å². The van der Waals surface area contributed by atoms with Crippen molar-refractivity contribution in [2.75, 3.05) is 13.1 Å².